The van der Waals surface area contributed by atoms with Crippen LogP contribution >= 0.6 is 23.2 Å². The Morgan fingerprint density at radius 3 is 2.48 bits per heavy atom. The van der Waals surface area contributed by atoms with Crippen molar-refractivity contribution in [3.8, 4) is 0 Å². The Kier molecular flexibility index (Phi) is 5.84. The van der Waals surface area contributed by atoms with Crippen molar-refractivity contribution < 1.29 is 10.2 Å². The molecule has 0 bridgehead atoms. The maximum Gasteiger partial charge on any atom is 0.106 e. The number of aliphatic hydroxyl groups excluding tert-OH is 2. The van der Waals surface area contributed by atoms with Crippen molar-refractivity contribution in [2.24, 2.45) is 40.2 Å². The van der Waals surface area contributed by atoms with Crippen LogP contribution in [0.2, 0.25) is 0 Å². The Bertz CT molecular complexity index is 536. The van der Waals surface area contributed by atoms with E-state index in [0.717, 1.165) is 38.5 Å². The van der Waals surface area contributed by atoms with E-state index >= 15 is 0 Å². The van der Waals surface area contributed by atoms with Gasteiger partial charge in [-0.15, -0.1) is 0 Å². The van der Waals surface area contributed by atoms with Gasteiger partial charge in [0.2, 0.25) is 0 Å². The van der Waals surface area contributed by atoms with Gasteiger partial charge >= 0.3 is 0 Å². The van der Waals surface area contributed by atoms with E-state index in [1.165, 1.54) is 5.57 Å². The molecule has 7 atom stereocenters. The van der Waals surface area contributed by atoms with Crippen molar-refractivity contribution in [2.75, 3.05) is 13.2 Å². The first-order chi connectivity index (χ1) is 11.8. The molecule has 3 fully saturated rings. The van der Waals surface area contributed by atoms with E-state index in [9.17, 15) is 10.2 Å². The number of aliphatic hydroxyl groups is 2. The predicted molar refractivity (Wildman–Crippen MR) is 103 cm³/mol. The third kappa shape index (κ3) is 3.18. The number of hydrogen-bond donors (Lipinski definition) is 3. The molecule has 144 valence electrons. The van der Waals surface area contributed by atoms with Crippen molar-refractivity contribution >= 4 is 23.2 Å². The SMILES string of the molecule is CC12CCC(C3(C)CCC(O)CC3CO)C(CN)C1CCC2=C(Cl)Cl. The molecule has 3 rings (SSSR count). The van der Waals surface area contributed by atoms with Crippen LogP contribution in [-0.2, 0) is 0 Å². The van der Waals surface area contributed by atoms with Crippen molar-refractivity contribution in [3.05, 3.63) is 10.1 Å². The summed E-state index contributed by atoms with van der Waals surface area (Å²) in [6, 6.07) is 0. The Hall–Kier alpha value is 0.200. The summed E-state index contributed by atoms with van der Waals surface area (Å²) in [5.74, 6) is 1.60. The zero-order valence-corrected chi connectivity index (χ0v) is 17.0. The lowest BCUT2D eigenvalue weighted by Gasteiger charge is -2.56. The van der Waals surface area contributed by atoms with Gasteiger partial charge in [0.1, 0.15) is 4.49 Å². The normalized spacial score (nSPS) is 47.6. The molecule has 3 nitrogen and oxygen atoms in total. The molecule has 4 N–H and O–H groups in total. The molecule has 0 aromatic carbocycles. The Balaban J connectivity index is 1.91. The second-order valence-corrected chi connectivity index (χ2v) is 10.1. The minimum absolute atomic E-state index is 0.0522. The molecule has 0 aromatic heterocycles. The quantitative estimate of drug-likeness (QED) is 0.675. The molecule has 0 radical (unpaired) electrons. The number of fused-ring (bicyclic) bond motifs is 1. The fraction of sp³-hybridized carbons (Fsp3) is 0.900. The van der Waals surface area contributed by atoms with Crippen LogP contribution in [0.5, 0.6) is 0 Å². The van der Waals surface area contributed by atoms with E-state index in [-0.39, 0.29) is 29.5 Å². The van der Waals surface area contributed by atoms with Crippen LogP contribution in [0.15, 0.2) is 10.1 Å². The van der Waals surface area contributed by atoms with Crippen LogP contribution in [0.25, 0.3) is 0 Å². The molecular formula is C20H33Cl2NO2. The minimum atomic E-state index is -0.272. The summed E-state index contributed by atoms with van der Waals surface area (Å²) >= 11 is 12.4. The van der Waals surface area contributed by atoms with Gasteiger partial charge in [0.25, 0.3) is 0 Å². The van der Waals surface area contributed by atoms with Gasteiger partial charge in [0, 0.05) is 6.61 Å². The second-order valence-electron chi connectivity index (χ2n) is 9.16. The Morgan fingerprint density at radius 2 is 1.88 bits per heavy atom. The first-order valence-electron chi connectivity index (χ1n) is 9.81. The van der Waals surface area contributed by atoms with E-state index in [1.807, 2.05) is 0 Å². The smallest absolute Gasteiger partial charge is 0.106 e. The van der Waals surface area contributed by atoms with E-state index in [0.29, 0.717) is 35.2 Å². The van der Waals surface area contributed by atoms with Crippen LogP contribution in [0.3, 0.4) is 0 Å². The topological polar surface area (TPSA) is 66.5 Å². The van der Waals surface area contributed by atoms with Gasteiger partial charge in [0.15, 0.2) is 0 Å². The highest BCUT2D eigenvalue weighted by atomic mass is 35.5. The summed E-state index contributed by atoms with van der Waals surface area (Å²) in [7, 11) is 0. The summed E-state index contributed by atoms with van der Waals surface area (Å²) in [6.45, 7) is 5.48. The zero-order chi connectivity index (χ0) is 18.4. The van der Waals surface area contributed by atoms with Crippen molar-refractivity contribution in [2.45, 2.75) is 64.9 Å². The van der Waals surface area contributed by atoms with E-state index in [2.05, 4.69) is 13.8 Å². The van der Waals surface area contributed by atoms with Crippen molar-refractivity contribution in [1.29, 1.82) is 0 Å². The third-order valence-corrected chi connectivity index (χ3v) is 8.75. The maximum atomic E-state index is 10.1. The Labute approximate surface area is 162 Å². The number of nitrogens with two attached hydrogens (primary N) is 1. The average Bonchev–Trinajstić information content (AvgIpc) is 2.93. The lowest BCUT2D eigenvalue weighted by Crippen LogP contribution is -2.52. The molecule has 3 aliphatic carbocycles. The van der Waals surface area contributed by atoms with Crippen LogP contribution in [0, 0.1) is 34.5 Å². The Morgan fingerprint density at radius 1 is 1.16 bits per heavy atom. The fourth-order valence-electron chi connectivity index (χ4n) is 6.73. The summed E-state index contributed by atoms with van der Waals surface area (Å²) in [5, 5.41) is 20.1. The van der Waals surface area contributed by atoms with Crippen LogP contribution in [-0.4, -0.2) is 29.5 Å². The molecule has 0 aliphatic heterocycles. The maximum absolute atomic E-state index is 10.1. The van der Waals surface area contributed by atoms with Crippen LogP contribution in [0.1, 0.15) is 58.8 Å². The molecule has 7 unspecified atom stereocenters. The monoisotopic (exact) mass is 389 g/mol. The van der Waals surface area contributed by atoms with Gasteiger partial charge in [-0.3, -0.25) is 0 Å². The van der Waals surface area contributed by atoms with Gasteiger partial charge < -0.3 is 15.9 Å². The molecule has 3 aliphatic rings. The molecule has 0 saturated heterocycles. The fourth-order valence-corrected chi connectivity index (χ4v) is 7.35. The molecule has 0 spiro atoms. The lowest BCUT2D eigenvalue weighted by molar-refractivity contribution is -0.0917. The average molecular weight is 390 g/mol. The van der Waals surface area contributed by atoms with Crippen molar-refractivity contribution in [3.63, 3.8) is 0 Å². The number of rotatable bonds is 3. The van der Waals surface area contributed by atoms with Gasteiger partial charge in [0.05, 0.1) is 6.10 Å². The molecule has 0 amide bonds. The first-order valence-corrected chi connectivity index (χ1v) is 10.6. The standard InChI is InChI=1S/C20H33Cl2NO2/c1-19(7-5-13(25)9-12(19)11-24)16-6-8-20(2)15(14(16)10-23)3-4-17(20)18(21)22/h12-16,24-25H,3-11,23H2,1-2H3. The summed E-state index contributed by atoms with van der Waals surface area (Å²) in [6.07, 6.45) is 6.52. The van der Waals surface area contributed by atoms with E-state index in [4.69, 9.17) is 28.9 Å². The van der Waals surface area contributed by atoms with Crippen LogP contribution < -0.4 is 5.73 Å². The highest BCUT2D eigenvalue weighted by Crippen LogP contribution is 2.64. The van der Waals surface area contributed by atoms with E-state index < -0.39 is 0 Å². The zero-order valence-electron chi connectivity index (χ0n) is 15.5. The lowest BCUT2D eigenvalue weighted by atomic mass is 9.49. The highest BCUT2D eigenvalue weighted by molar-refractivity contribution is 6.56. The minimum Gasteiger partial charge on any atom is -0.396 e. The summed E-state index contributed by atoms with van der Waals surface area (Å²) in [4.78, 5) is 0. The van der Waals surface area contributed by atoms with Gasteiger partial charge in [-0.05, 0) is 91.6 Å². The summed E-state index contributed by atoms with van der Waals surface area (Å²) < 4.78 is 0.458. The molecule has 0 heterocycles. The van der Waals surface area contributed by atoms with Gasteiger partial charge in [-0.25, -0.2) is 0 Å². The van der Waals surface area contributed by atoms with Crippen LogP contribution in [0.4, 0.5) is 0 Å². The van der Waals surface area contributed by atoms with Gasteiger partial charge in [-0.1, -0.05) is 37.0 Å². The van der Waals surface area contributed by atoms with Crippen molar-refractivity contribution in [1.82, 2.24) is 0 Å². The molecule has 25 heavy (non-hydrogen) atoms. The number of hydrogen-bond acceptors (Lipinski definition) is 3. The highest BCUT2D eigenvalue weighted by Gasteiger charge is 2.57. The molecule has 0 aromatic rings. The number of allylic oxidation sites excluding steroid dienone is 1. The summed E-state index contributed by atoms with van der Waals surface area (Å²) in [5.41, 5.74) is 7.66. The van der Waals surface area contributed by atoms with E-state index in [1.54, 1.807) is 0 Å². The second kappa shape index (κ2) is 7.31. The third-order valence-electron chi connectivity index (χ3n) is 8.29. The first kappa shape index (κ1) is 19.9. The molecule has 5 heteroatoms. The molecular weight excluding hydrogens is 357 g/mol. The molecule has 3 saturated carbocycles. The largest absolute Gasteiger partial charge is 0.396 e. The number of halogens is 2. The van der Waals surface area contributed by atoms with Gasteiger partial charge in [-0.2, -0.15) is 0 Å². The predicted octanol–water partition coefficient (Wildman–Crippen LogP) is 4.24.